The number of hydrogen-bond donors (Lipinski definition) is 0. The Balaban J connectivity index is 4.50. The van der Waals surface area contributed by atoms with Gasteiger partial charge in [0.05, 0.1) is 26.4 Å². The zero-order valence-corrected chi connectivity index (χ0v) is 13.1. The SMILES string of the molecule is COCCO[Si](OCCOC)(C(C)C)C(C)C. The summed E-state index contributed by atoms with van der Waals surface area (Å²) in [5, 5.41) is 0. The Hall–Kier alpha value is 0.0569. The lowest BCUT2D eigenvalue weighted by Crippen LogP contribution is -2.49. The highest BCUT2D eigenvalue weighted by Gasteiger charge is 2.44. The second kappa shape index (κ2) is 9.05. The van der Waals surface area contributed by atoms with E-state index in [1.165, 1.54) is 0 Å². The smallest absolute Gasteiger partial charge is 0.343 e. The van der Waals surface area contributed by atoms with Gasteiger partial charge < -0.3 is 18.3 Å². The van der Waals surface area contributed by atoms with Gasteiger partial charge in [-0.15, -0.1) is 0 Å². The molecule has 0 heterocycles. The maximum Gasteiger partial charge on any atom is 0.343 e. The van der Waals surface area contributed by atoms with Crippen molar-refractivity contribution in [3.05, 3.63) is 0 Å². The third-order valence-electron chi connectivity index (χ3n) is 2.84. The molecule has 17 heavy (non-hydrogen) atoms. The first-order valence-electron chi connectivity index (χ1n) is 6.27. The van der Waals surface area contributed by atoms with Crippen LogP contribution in [0.3, 0.4) is 0 Å². The van der Waals surface area contributed by atoms with Gasteiger partial charge in [0.25, 0.3) is 0 Å². The molecule has 4 nitrogen and oxygen atoms in total. The van der Waals surface area contributed by atoms with Gasteiger partial charge in [-0.25, -0.2) is 0 Å². The molecule has 0 rings (SSSR count). The molecule has 0 aromatic heterocycles. The summed E-state index contributed by atoms with van der Waals surface area (Å²) in [6.45, 7) is 11.1. The van der Waals surface area contributed by atoms with Gasteiger partial charge in [-0.05, 0) is 11.1 Å². The summed E-state index contributed by atoms with van der Waals surface area (Å²) in [4.78, 5) is 0. The normalized spacial score (nSPS) is 12.7. The third kappa shape index (κ3) is 5.48. The fourth-order valence-corrected chi connectivity index (χ4v) is 5.50. The summed E-state index contributed by atoms with van der Waals surface area (Å²) in [5.41, 5.74) is 0.826. The van der Waals surface area contributed by atoms with Gasteiger partial charge in [0.15, 0.2) is 0 Å². The molecule has 0 aromatic rings. The van der Waals surface area contributed by atoms with E-state index < -0.39 is 8.56 Å². The van der Waals surface area contributed by atoms with E-state index in [9.17, 15) is 0 Å². The molecule has 0 aliphatic rings. The van der Waals surface area contributed by atoms with Crippen molar-refractivity contribution in [2.45, 2.75) is 38.8 Å². The lowest BCUT2D eigenvalue weighted by atomic mass is 10.5. The van der Waals surface area contributed by atoms with Crippen molar-refractivity contribution in [2.24, 2.45) is 0 Å². The molecule has 0 aliphatic heterocycles. The Morgan fingerprint density at radius 3 is 1.29 bits per heavy atom. The lowest BCUT2D eigenvalue weighted by molar-refractivity contribution is 0.0791. The van der Waals surface area contributed by atoms with Gasteiger partial charge in [0.2, 0.25) is 0 Å². The molecule has 0 amide bonds. The van der Waals surface area contributed by atoms with Crippen LogP contribution < -0.4 is 0 Å². The Kier molecular flexibility index (Phi) is 9.08. The lowest BCUT2D eigenvalue weighted by Gasteiger charge is -2.37. The zero-order valence-electron chi connectivity index (χ0n) is 12.1. The van der Waals surface area contributed by atoms with E-state index in [2.05, 4.69) is 27.7 Å². The average molecular weight is 264 g/mol. The van der Waals surface area contributed by atoms with Crippen LogP contribution in [0.25, 0.3) is 0 Å². The molecule has 0 unspecified atom stereocenters. The van der Waals surface area contributed by atoms with E-state index in [0.717, 1.165) is 0 Å². The topological polar surface area (TPSA) is 36.9 Å². The fourth-order valence-electron chi connectivity index (χ4n) is 1.94. The van der Waals surface area contributed by atoms with Crippen molar-refractivity contribution in [1.29, 1.82) is 0 Å². The number of methoxy groups -OCH3 is 2. The van der Waals surface area contributed by atoms with E-state index in [1.54, 1.807) is 14.2 Å². The van der Waals surface area contributed by atoms with E-state index in [1.807, 2.05) is 0 Å². The van der Waals surface area contributed by atoms with Crippen LogP contribution in [-0.4, -0.2) is 49.2 Å². The fraction of sp³-hybridized carbons (Fsp3) is 1.00. The summed E-state index contributed by atoms with van der Waals surface area (Å²) >= 11 is 0. The quantitative estimate of drug-likeness (QED) is 0.449. The predicted octanol–water partition coefficient (Wildman–Crippen LogP) is 2.57. The highest BCUT2D eigenvalue weighted by Crippen LogP contribution is 2.34. The number of rotatable bonds is 10. The minimum Gasteiger partial charge on any atom is -0.391 e. The first-order chi connectivity index (χ1) is 8.01. The average Bonchev–Trinajstić information content (AvgIpc) is 2.26. The molecule has 0 aromatic carbocycles. The maximum atomic E-state index is 6.08. The van der Waals surface area contributed by atoms with Crippen molar-refractivity contribution in [3.8, 4) is 0 Å². The molecule has 5 heteroatoms. The summed E-state index contributed by atoms with van der Waals surface area (Å²) in [5.74, 6) is 0. The van der Waals surface area contributed by atoms with Gasteiger partial charge >= 0.3 is 8.56 Å². The van der Waals surface area contributed by atoms with Crippen LogP contribution in [0, 0.1) is 0 Å². The molecular formula is C12H28O4Si. The van der Waals surface area contributed by atoms with Crippen LogP contribution in [0.4, 0.5) is 0 Å². The van der Waals surface area contributed by atoms with Gasteiger partial charge in [-0.1, -0.05) is 27.7 Å². The third-order valence-corrected chi connectivity index (χ3v) is 7.37. The largest absolute Gasteiger partial charge is 0.391 e. The molecule has 0 fully saturated rings. The second-order valence-electron chi connectivity index (χ2n) is 4.71. The van der Waals surface area contributed by atoms with E-state index in [-0.39, 0.29) is 0 Å². The van der Waals surface area contributed by atoms with Gasteiger partial charge in [0, 0.05) is 14.2 Å². The predicted molar refractivity (Wildman–Crippen MR) is 71.6 cm³/mol. The van der Waals surface area contributed by atoms with Crippen LogP contribution in [0.2, 0.25) is 11.1 Å². The Bertz CT molecular complexity index is 165. The summed E-state index contributed by atoms with van der Waals surface area (Å²) in [7, 11) is 1.18. The number of ether oxygens (including phenoxy) is 2. The summed E-state index contributed by atoms with van der Waals surface area (Å²) < 4.78 is 22.2. The Morgan fingerprint density at radius 1 is 0.706 bits per heavy atom. The molecule has 0 saturated carbocycles. The van der Waals surface area contributed by atoms with Crippen molar-refractivity contribution in [1.82, 2.24) is 0 Å². The summed E-state index contributed by atoms with van der Waals surface area (Å²) in [6, 6.07) is 0. The van der Waals surface area contributed by atoms with E-state index >= 15 is 0 Å². The van der Waals surface area contributed by atoms with Gasteiger partial charge in [-0.2, -0.15) is 0 Å². The Labute approximate surface area is 107 Å². The van der Waals surface area contributed by atoms with Crippen LogP contribution in [0.15, 0.2) is 0 Å². The maximum absolute atomic E-state index is 6.08. The molecule has 0 saturated heterocycles. The van der Waals surface area contributed by atoms with E-state index in [4.69, 9.17) is 18.3 Å². The molecule has 0 aliphatic carbocycles. The van der Waals surface area contributed by atoms with Crippen molar-refractivity contribution >= 4 is 8.56 Å². The standard InChI is InChI=1S/C12H28O4Si/c1-11(2)17(12(3)4,15-9-7-13-5)16-10-8-14-6/h11-12H,7-10H2,1-6H3. The zero-order chi connectivity index (χ0) is 13.3. The van der Waals surface area contributed by atoms with E-state index in [0.29, 0.717) is 37.5 Å². The van der Waals surface area contributed by atoms with Crippen LogP contribution in [0.5, 0.6) is 0 Å². The van der Waals surface area contributed by atoms with Gasteiger partial charge in [0.1, 0.15) is 0 Å². The molecule has 0 bridgehead atoms. The minimum atomic E-state index is -2.18. The highest BCUT2D eigenvalue weighted by atomic mass is 28.4. The first-order valence-corrected chi connectivity index (χ1v) is 8.24. The summed E-state index contributed by atoms with van der Waals surface area (Å²) in [6.07, 6.45) is 0. The van der Waals surface area contributed by atoms with Crippen LogP contribution >= 0.6 is 0 Å². The molecule has 0 N–H and O–H groups in total. The van der Waals surface area contributed by atoms with Crippen molar-refractivity contribution < 1.29 is 18.3 Å². The van der Waals surface area contributed by atoms with Gasteiger partial charge in [-0.3, -0.25) is 0 Å². The second-order valence-corrected chi connectivity index (χ2v) is 9.04. The molecule has 0 atom stereocenters. The van der Waals surface area contributed by atoms with Crippen molar-refractivity contribution in [2.75, 3.05) is 40.6 Å². The minimum absolute atomic E-state index is 0.413. The molecular weight excluding hydrogens is 236 g/mol. The van der Waals surface area contributed by atoms with Crippen molar-refractivity contribution in [3.63, 3.8) is 0 Å². The molecule has 0 radical (unpaired) electrons. The molecule has 104 valence electrons. The number of hydrogen-bond acceptors (Lipinski definition) is 4. The van der Waals surface area contributed by atoms with Crippen LogP contribution in [0.1, 0.15) is 27.7 Å². The van der Waals surface area contributed by atoms with Crippen LogP contribution in [-0.2, 0) is 18.3 Å². The monoisotopic (exact) mass is 264 g/mol. The molecule has 0 spiro atoms. The Morgan fingerprint density at radius 2 is 1.06 bits per heavy atom. The highest BCUT2D eigenvalue weighted by molar-refractivity contribution is 6.70. The first kappa shape index (κ1) is 17.1.